The van der Waals surface area contributed by atoms with E-state index in [-0.39, 0.29) is 6.61 Å². The van der Waals surface area contributed by atoms with Gasteiger partial charge in [0.05, 0.1) is 12.1 Å². The van der Waals surface area contributed by atoms with Crippen molar-refractivity contribution in [2.75, 3.05) is 18.1 Å². The SMILES string of the molecule is Nc1cc(N)c2c3ccccc3n(CCO)c2c1. The van der Waals surface area contributed by atoms with Gasteiger partial charge in [-0.15, -0.1) is 0 Å². The highest BCUT2D eigenvalue weighted by atomic mass is 16.3. The molecule has 0 fully saturated rings. The number of hydrogen-bond donors (Lipinski definition) is 3. The maximum absolute atomic E-state index is 9.21. The van der Waals surface area contributed by atoms with Gasteiger partial charge in [-0.1, -0.05) is 18.2 Å². The van der Waals surface area contributed by atoms with Crippen molar-refractivity contribution >= 4 is 33.2 Å². The van der Waals surface area contributed by atoms with Crippen LogP contribution in [0.3, 0.4) is 0 Å². The first-order valence-electron chi connectivity index (χ1n) is 5.89. The van der Waals surface area contributed by atoms with Crippen LogP contribution >= 0.6 is 0 Å². The third-order valence-electron chi connectivity index (χ3n) is 3.25. The number of fused-ring (bicyclic) bond motifs is 3. The maximum Gasteiger partial charge on any atom is 0.0610 e. The zero-order valence-corrected chi connectivity index (χ0v) is 9.93. The van der Waals surface area contributed by atoms with Gasteiger partial charge in [0.15, 0.2) is 0 Å². The van der Waals surface area contributed by atoms with Crippen molar-refractivity contribution in [3.8, 4) is 0 Å². The van der Waals surface area contributed by atoms with Crippen LogP contribution in [0.25, 0.3) is 21.8 Å². The lowest BCUT2D eigenvalue weighted by Gasteiger charge is -2.05. The van der Waals surface area contributed by atoms with Crippen molar-refractivity contribution in [3.63, 3.8) is 0 Å². The summed E-state index contributed by atoms with van der Waals surface area (Å²) < 4.78 is 2.05. The molecule has 0 saturated carbocycles. The predicted molar refractivity (Wildman–Crippen MR) is 75.4 cm³/mol. The van der Waals surface area contributed by atoms with Gasteiger partial charge in [0, 0.05) is 34.2 Å². The van der Waals surface area contributed by atoms with E-state index in [9.17, 15) is 5.11 Å². The number of para-hydroxylation sites is 1. The fourth-order valence-corrected chi connectivity index (χ4v) is 2.57. The Morgan fingerprint density at radius 1 is 1.06 bits per heavy atom. The molecule has 0 aliphatic rings. The number of nitrogens with zero attached hydrogens (tertiary/aromatic N) is 1. The molecule has 3 rings (SSSR count). The topological polar surface area (TPSA) is 77.2 Å². The van der Waals surface area contributed by atoms with Crippen LogP contribution in [0.1, 0.15) is 0 Å². The van der Waals surface area contributed by atoms with Crippen molar-refractivity contribution in [1.29, 1.82) is 0 Å². The van der Waals surface area contributed by atoms with Crippen molar-refractivity contribution in [2.24, 2.45) is 0 Å². The van der Waals surface area contributed by atoms with Gasteiger partial charge in [-0.3, -0.25) is 0 Å². The molecule has 0 saturated heterocycles. The molecule has 0 radical (unpaired) electrons. The standard InChI is InChI=1S/C14H15N3O/c15-9-7-11(16)14-10-3-1-2-4-12(10)17(5-6-18)13(14)8-9/h1-4,7-8,18H,5-6,15-16H2. The van der Waals surface area contributed by atoms with Gasteiger partial charge in [0.2, 0.25) is 0 Å². The fourth-order valence-electron chi connectivity index (χ4n) is 2.57. The van der Waals surface area contributed by atoms with Gasteiger partial charge >= 0.3 is 0 Å². The largest absolute Gasteiger partial charge is 0.399 e. The molecule has 0 atom stereocenters. The summed E-state index contributed by atoms with van der Waals surface area (Å²) in [7, 11) is 0. The van der Waals surface area contributed by atoms with E-state index < -0.39 is 0 Å². The number of rotatable bonds is 2. The van der Waals surface area contributed by atoms with Crippen LogP contribution < -0.4 is 11.5 Å². The molecule has 4 heteroatoms. The molecule has 0 unspecified atom stereocenters. The fraction of sp³-hybridized carbons (Fsp3) is 0.143. The Morgan fingerprint density at radius 2 is 1.83 bits per heavy atom. The van der Waals surface area contributed by atoms with Gasteiger partial charge in [-0.2, -0.15) is 0 Å². The van der Waals surface area contributed by atoms with Crippen molar-refractivity contribution in [3.05, 3.63) is 36.4 Å². The summed E-state index contributed by atoms with van der Waals surface area (Å²) in [6.07, 6.45) is 0. The van der Waals surface area contributed by atoms with Crippen LogP contribution in [-0.4, -0.2) is 16.3 Å². The zero-order valence-electron chi connectivity index (χ0n) is 9.93. The quantitative estimate of drug-likeness (QED) is 0.600. The molecule has 0 aliphatic heterocycles. The normalized spacial score (nSPS) is 11.4. The zero-order chi connectivity index (χ0) is 12.7. The van der Waals surface area contributed by atoms with Gasteiger partial charge in [-0.25, -0.2) is 0 Å². The number of nitrogen functional groups attached to an aromatic ring is 2. The van der Waals surface area contributed by atoms with Crippen molar-refractivity contribution in [1.82, 2.24) is 4.57 Å². The summed E-state index contributed by atoms with van der Waals surface area (Å²) in [5, 5.41) is 11.3. The average molecular weight is 241 g/mol. The smallest absolute Gasteiger partial charge is 0.0610 e. The number of benzene rings is 2. The Balaban J connectivity index is 2.53. The van der Waals surface area contributed by atoms with E-state index in [4.69, 9.17) is 11.5 Å². The van der Waals surface area contributed by atoms with Gasteiger partial charge < -0.3 is 21.1 Å². The molecule has 18 heavy (non-hydrogen) atoms. The molecule has 0 spiro atoms. The minimum absolute atomic E-state index is 0.0858. The van der Waals surface area contributed by atoms with Crippen molar-refractivity contribution < 1.29 is 5.11 Å². The lowest BCUT2D eigenvalue weighted by atomic mass is 10.1. The van der Waals surface area contributed by atoms with E-state index in [0.717, 1.165) is 21.8 Å². The molecule has 3 aromatic rings. The van der Waals surface area contributed by atoms with E-state index in [2.05, 4.69) is 4.57 Å². The van der Waals surface area contributed by atoms with Gasteiger partial charge in [0.1, 0.15) is 0 Å². The minimum Gasteiger partial charge on any atom is -0.399 e. The predicted octanol–water partition coefficient (Wildman–Crippen LogP) is 1.95. The molecule has 0 aliphatic carbocycles. The first-order chi connectivity index (χ1) is 8.72. The molecule has 1 aromatic heterocycles. The first kappa shape index (κ1) is 10.9. The monoisotopic (exact) mass is 241 g/mol. The number of nitrogens with two attached hydrogens (primary N) is 2. The van der Waals surface area contributed by atoms with Gasteiger partial charge in [0.25, 0.3) is 0 Å². The summed E-state index contributed by atoms with van der Waals surface area (Å²) in [5.74, 6) is 0. The Kier molecular flexibility index (Phi) is 2.38. The molecule has 92 valence electrons. The second-order valence-corrected chi connectivity index (χ2v) is 4.40. The van der Waals surface area contributed by atoms with E-state index in [1.54, 1.807) is 6.07 Å². The Bertz CT molecular complexity index is 731. The second kappa shape index (κ2) is 3.92. The second-order valence-electron chi connectivity index (χ2n) is 4.40. The van der Waals surface area contributed by atoms with Crippen LogP contribution in [0.5, 0.6) is 0 Å². The maximum atomic E-state index is 9.21. The average Bonchev–Trinajstić information content (AvgIpc) is 2.65. The lowest BCUT2D eigenvalue weighted by Crippen LogP contribution is -2.02. The first-order valence-corrected chi connectivity index (χ1v) is 5.89. The highest BCUT2D eigenvalue weighted by Gasteiger charge is 2.12. The molecule has 0 bridgehead atoms. The van der Waals surface area contributed by atoms with Crippen LogP contribution in [0.4, 0.5) is 11.4 Å². The van der Waals surface area contributed by atoms with Crippen LogP contribution in [0.2, 0.25) is 0 Å². The Hall–Kier alpha value is -2.20. The van der Waals surface area contributed by atoms with Crippen LogP contribution in [0.15, 0.2) is 36.4 Å². The summed E-state index contributed by atoms with van der Waals surface area (Å²) >= 11 is 0. The van der Waals surface area contributed by atoms with E-state index in [1.165, 1.54) is 0 Å². The Labute approximate surface area is 104 Å². The summed E-state index contributed by atoms with van der Waals surface area (Å²) in [6, 6.07) is 11.7. The Morgan fingerprint density at radius 3 is 2.61 bits per heavy atom. The molecule has 2 aromatic carbocycles. The summed E-state index contributed by atoms with van der Waals surface area (Å²) in [5.41, 5.74) is 15.3. The third-order valence-corrected chi connectivity index (χ3v) is 3.25. The lowest BCUT2D eigenvalue weighted by molar-refractivity contribution is 0.280. The van der Waals surface area contributed by atoms with Crippen LogP contribution in [-0.2, 0) is 6.54 Å². The van der Waals surface area contributed by atoms with E-state index in [0.29, 0.717) is 17.9 Å². The number of aliphatic hydroxyl groups is 1. The van der Waals surface area contributed by atoms with Crippen molar-refractivity contribution in [2.45, 2.75) is 6.54 Å². The summed E-state index contributed by atoms with van der Waals surface area (Å²) in [6.45, 7) is 0.620. The molecule has 1 heterocycles. The summed E-state index contributed by atoms with van der Waals surface area (Å²) in [4.78, 5) is 0. The number of aromatic nitrogens is 1. The molecular formula is C14H15N3O. The number of aliphatic hydroxyl groups excluding tert-OH is 1. The molecule has 5 N–H and O–H groups in total. The minimum atomic E-state index is 0.0858. The van der Waals surface area contributed by atoms with Crippen LogP contribution in [0, 0.1) is 0 Å². The number of anilines is 2. The third kappa shape index (κ3) is 1.43. The number of hydrogen-bond acceptors (Lipinski definition) is 3. The van der Waals surface area contributed by atoms with E-state index >= 15 is 0 Å². The molecular weight excluding hydrogens is 226 g/mol. The highest BCUT2D eigenvalue weighted by molar-refractivity contribution is 6.14. The van der Waals surface area contributed by atoms with E-state index in [1.807, 2.05) is 30.3 Å². The molecule has 4 nitrogen and oxygen atoms in total. The van der Waals surface area contributed by atoms with Gasteiger partial charge in [-0.05, 0) is 18.2 Å². The highest BCUT2D eigenvalue weighted by Crippen LogP contribution is 2.34. The molecule has 0 amide bonds.